The monoisotopic (exact) mass is 573 g/mol. The highest BCUT2D eigenvalue weighted by molar-refractivity contribution is 7.33. The Morgan fingerprint density at radius 1 is 0.525 bits per heavy atom. The molecule has 2 aromatic carbocycles. The number of benzene rings is 2. The topological polar surface area (TPSA) is 54.0 Å². The van der Waals surface area contributed by atoms with Gasteiger partial charge in [0.05, 0.1) is 13.2 Å². The molecule has 0 amide bonds. The van der Waals surface area contributed by atoms with Gasteiger partial charge in [0.2, 0.25) is 0 Å². The fourth-order valence-electron chi connectivity index (χ4n) is 4.66. The Balaban J connectivity index is 2.32. The number of hydrogen-bond donors (Lipinski definition) is 0. The van der Waals surface area contributed by atoms with Crippen LogP contribution in [0.3, 0.4) is 0 Å². The SMILES string of the molecule is CCOc1c(C(C)(C)C)cc(CO[P+](=O)OCc2cc(C(C)(C)C)c(OCC)c(C(C)(C)C)c2)cc1C(C)(C)C. The summed E-state index contributed by atoms with van der Waals surface area (Å²) in [7, 11) is -2.32. The standard InChI is InChI=1S/C34H54O5P/c1-15-36-29-25(31(3,4)5)17-23(18-26(29)32(6,7)8)21-38-40(35)39-22-24-19-27(33(9,10)11)30(37-16-2)28(20-24)34(12,13)14/h17-20H,15-16,21-22H2,1-14H3/q+1. The Hall–Kier alpha value is -1.94. The van der Waals surface area contributed by atoms with E-state index >= 15 is 0 Å². The Morgan fingerprint density at radius 2 is 0.775 bits per heavy atom. The van der Waals surface area contributed by atoms with Crippen molar-refractivity contribution in [2.45, 2.75) is 132 Å². The summed E-state index contributed by atoms with van der Waals surface area (Å²) in [6.07, 6.45) is 0. The van der Waals surface area contributed by atoms with Gasteiger partial charge in [-0.1, -0.05) is 83.1 Å². The quantitative estimate of drug-likeness (QED) is 0.265. The van der Waals surface area contributed by atoms with Crippen LogP contribution in [-0.2, 0) is 48.5 Å². The van der Waals surface area contributed by atoms with Crippen molar-refractivity contribution in [1.82, 2.24) is 0 Å². The van der Waals surface area contributed by atoms with Crippen LogP contribution in [0.15, 0.2) is 24.3 Å². The van der Waals surface area contributed by atoms with Gasteiger partial charge in [0.15, 0.2) is 0 Å². The van der Waals surface area contributed by atoms with E-state index in [-0.39, 0.29) is 34.9 Å². The predicted octanol–water partition coefficient (Wildman–Crippen LogP) is 10.1. The van der Waals surface area contributed by atoms with E-state index in [0.29, 0.717) is 13.2 Å². The molecular formula is C34H54O5P+. The normalized spacial score (nSPS) is 12.9. The summed E-state index contributed by atoms with van der Waals surface area (Å²) in [6, 6.07) is 8.45. The van der Waals surface area contributed by atoms with E-state index < -0.39 is 8.25 Å². The van der Waals surface area contributed by atoms with Crippen LogP contribution in [0.2, 0.25) is 0 Å². The minimum atomic E-state index is -2.32. The number of rotatable bonds is 10. The molecule has 0 fully saturated rings. The molecular weight excluding hydrogens is 519 g/mol. The first-order chi connectivity index (χ1) is 18.2. The van der Waals surface area contributed by atoms with Crippen molar-refractivity contribution in [3.8, 4) is 11.5 Å². The second kappa shape index (κ2) is 12.9. The van der Waals surface area contributed by atoms with E-state index in [4.69, 9.17) is 18.5 Å². The van der Waals surface area contributed by atoms with Gasteiger partial charge in [-0.3, -0.25) is 0 Å². The second-order valence-corrected chi connectivity index (χ2v) is 15.6. The van der Waals surface area contributed by atoms with Crippen molar-refractivity contribution in [2.75, 3.05) is 13.2 Å². The Morgan fingerprint density at radius 3 is 0.975 bits per heavy atom. The molecule has 5 nitrogen and oxygen atoms in total. The van der Waals surface area contributed by atoms with Crippen molar-refractivity contribution in [3.05, 3.63) is 57.6 Å². The molecule has 0 aromatic heterocycles. The predicted molar refractivity (Wildman–Crippen MR) is 167 cm³/mol. The Kier molecular flexibility index (Phi) is 11.1. The molecule has 0 heterocycles. The molecule has 2 aromatic rings. The van der Waals surface area contributed by atoms with E-state index in [1.165, 1.54) is 0 Å². The molecule has 0 aliphatic carbocycles. The molecule has 0 radical (unpaired) electrons. The largest absolute Gasteiger partial charge is 0.698 e. The summed E-state index contributed by atoms with van der Waals surface area (Å²) in [5, 5.41) is 0. The summed E-state index contributed by atoms with van der Waals surface area (Å²) in [5.41, 5.74) is 5.90. The highest BCUT2D eigenvalue weighted by atomic mass is 31.1. The highest BCUT2D eigenvalue weighted by Crippen LogP contribution is 2.43. The average Bonchev–Trinajstić information content (AvgIpc) is 2.79. The molecule has 0 spiro atoms. The molecule has 0 saturated heterocycles. The first-order valence-electron chi connectivity index (χ1n) is 14.5. The fraction of sp³-hybridized carbons (Fsp3) is 0.647. The van der Waals surface area contributed by atoms with Crippen molar-refractivity contribution >= 4 is 8.25 Å². The third kappa shape index (κ3) is 9.03. The average molecular weight is 574 g/mol. The Labute approximate surface area is 245 Å². The van der Waals surface area contributed by atoms with Crippen LogP contribution in [0, 0.1) is 0 Å². The van der Waals surface area contributed by atoms with Crippen molar-refractivity contribution in [3.63, 3.8) is 0 Å². The maximum absolute atomic E-state index is 12.9. The van der Waals surface area contributed by atoms with Crippen LogP contribution in [0.1, 0.15) is 130 Å². The maximum Gasteiger partial charge on any atom is 0.698 e. The zero-order valence-corrected chi connectivity index (χ0v) is 28.5. The van der Waals surface area contributed by atoms with Crippen LogP contribution >= 0.6 is 8.25 Å². The first kappa shape index (κ1) is 34.3. The van der Waals surface area contributed by atoms with E-state index in [1.54, 1.807) is 0 Å². The van der Waals surface area contributed by atoms with Gasteiger partial charge >= 0.3 is 8.25 Å². The minimum absolute atomic E-state index is 0.123. The molecule has 0 bridgehead atoms. The van der Waals surface area contributed by atoms with Crippen LogP contribution in [0.5, 0.6) is 11.5 Å². The lowest BCUT2D eigenvalue weighted by atomic mass is 9.78. The van der Waals surface area contributed by atoms with Gasteiger partial charge in [0, 0.05) is 26.8 Å². The lowest BCUT2D eigenvalue weighted by molar-refractivity contribution is 0.212. The van der Waals surface area contributed by atoms with E-state index in [9.17, 15) is 4.57 Å². The van der Waals surface area contributed by atoms with Crippen molar-refractivity contribution in [2.24, 2.45) is 0 Å². The van der Waals surface area contributed by atoms with E-state index in [0.717, 1.165) is 44.9 Å². The third-order valence-corrected chi connectivity index (χ3v) is 7.46. The molecule has 0 aliphatic rings. The molecule has 0 N–H and O–H groups in total. The molecule has 0 unspecified atom stereocenters. The van der Waals surface area contributed by atoms with Crippen molar-refractivity contribution in [1.29, 1.82) is 0 Å². The summed E-state index contributed by atoms with van der Waals surface area (Å²) < 4.78 is 36.7. The van der Waals surface area contributed by atoms with E-state index in [1.807, 2.05) is 13.8 Å². The molecule has 40 heavy (non-hydrogen) atoms. The molecule has 0 atom stereocenters. The first-order valence-corrected chi connectivity index (χ1v) is 15.6. The van der Waals surface area contributed by atoms with Crippen LogP contribution in [-0.4, -0.2) is 13.2 Å². The van der Waals surface area contributed by atoms with Crippen LogP contribution < -0.4 is 9.47 Å². The van der Waals surface area contributed by atoms with Crippen molar-refractivity contribution < 1.29 is 23.1 Å². The maximum atomic E-state index is 12.9. The highest BCUT2D eigenvalue weighted by Gasteiger charge is 2.31. The fourth-order valence-corrected chi connectivity index (χ4v) is 5.25. The summed E-state index contributed by atoms with van der Waals surface area (Å²) >= 11 is 0. The zero-order chi connectivity index (χ0) is 30.7. The third-order valence-electron chi connectivity index (χ3n) is 6.78. The van der Waals surface area contributed by atoms with Gasteiger partial charge in [-0.2, -0.15) is 0 Å². The minimum Gasteiger partial charge on any atom is -0.493 e. The molecule has 0 aliphatic heterocycles. The smallest absolute Gasteiger partial charge is 0.493 e. The van der Waals surface area contributed by atoms with Crippen LogP contribution in [0.25, 0.3) is 0 Å². The van der Waals surface area contributed by atoms with Crippen LogP contribution in [0.4, 0.5) is 0 Å². The van der Waals surface area contributed by atoms with Gasteiger partial charge in [-0.05, 0) is 70.9 Å². The van der Waals surface area contributed by atoms with Gasteiger partial charge in [0.1, 0.15) is 24.7 Å². The number of ether oxygens (including phenoxy) is 2. The summed E-state index contributed by atoms with van der Waals surface area (Å²) in [4.78, 5) is 0. The van der Waals surface area contributed by atoms with Gasteiger partial charge in [-0.15, -0.1) is 9.05 Å². The van der Waals surface area contributed by atoms with Gasteiger partial charge < -0.3 is 9.47 Å². The summed E-state index contributed by atoms with van der Waals surface area (Å²) in [5.74, 6) is 1.87. The van der Waals surface area contributed by atoms with E-state index in [2.05, 4.69) is 107 Å². The molecule has 224 valence electrons. The lowest BCUT2D eigenvalue weighted by Crippen LogP contribution is -2.20. The van der Waals surface area contributed by atoms with Gasteiger partial charge in [0.25, 0.3) is 0 Å². The summed E-state index contributed by atoms with van der Waals surface area (Å²) in [6.45, 7) is 31.8. The second-order valence-electron chi connectivity index (χ2n) is 14.7. The lowest BCUT2D eigenvalue weighted by Gasteiger charge is -2.30. The molecule has 0 saturated carbocycles. The zero-order valence-electron chi connectivity index (χ0n) is 27.6. The molecule has 2 rings (SSSR count). The number of hydrogen-bond acceptors (Lipinski definition) is 5. The molecule has 6 heteroatoms. The Bertz CT molecular complexity index is 1010. The van der Waals surface area contributed by atoms with Gasteiger partial charge in [-0.25, -0.2) is 0 Å².